The van der Waals surface area contributed by atoms with Crippen LogP contribution in [0.5, 0.6) is 0 Å². The summed E-state index contributed by atoms with van der Waals surface area (Å²) in [5, 5.41) is 11.3. The van der Waals surface area contributed by atoms with Gasteiger partial charge in [-0.1, -0.05) is 44.2 Å². The van der Waals surface area contributed by atoms with Crippen LogP contribution in [0.2, 0.25) is 0 Å². The van der Waals surface area contributed by atoms with Gasteiger partial charge in [-0.25, -0.2) is 9.59 Å². The fourth-order valence-electron chi connectivity index (χ4n) is 6.09. The van der Waals surface area contributed by atoms with Crippen LogP contribution in [-0.4, -0.2) is 110 Å². The molecule has 1 N–H and O–H groups in total. The van der Waals surface area contributed by atoms with Gasteiger partial charge in [0.25, 0.3) is 0 Å². The number of rotatable bonds is 12. The van der Waals surface area contributed by atoms with E-state index in [1.807, 2.05) is 52.3 Å². The molecule has 2 saturated heterocycles. The van der Waals surface area contributed by atoms with Gasteiger partial charge in [-0.15, -0.1) is 0 Å². The minimum atomic E-state index is -0.657. The number of para-hydroxylation sites is 1. The van der Waals surface area contributed by atoms with Gasteiger partial charge in [0, 0.05) is 64.7 Å². The van der Waals surface area contributed by atoms with Crippen LogP contribution in [0.4, 0.5) is 21.0 Å². The van der Waals surface area contributed by atoms with Crippen molar-refractivity contribution in [1.29, 1.82) is 0 Å². The molecule has 0 spiro atoms. The number of aliphatic hydroxyl groups is 1. The first-order chi connectivity index (χ1) is 20.3. The summed E-state index contributed by atoms with van der Waals surface area (Å²) in [5.74, 6) is 0.483. The number of hydrogen-bond donors (Lipinski definition) is 1. The van der Waals surface area contributed by atoms with Gasteiger partial charge < -0.3 is 14.9 Å². The van der Waals surface area contributed by atoms with E-state index >= 15 is 0 Å². The fourth-order valence-corrected chi connectivity index (χ4v) is 6.09. The van der Waals surface area contributed by atoms with E-state index in [4.69, 9.17) is 0 Å². The Bertz CT molecular complexity index is 1140. The number of carbonyl (C=O) groups is 2. The van der Waals surface area contributed by atoms with E-state index in [0.717, 1.165) is 94.9 Å². The summed E-state index contributed by atoms with van der Waals surface area (Å²) in [5.41, 5.74) is 2.81. The van der Waals surface area contributed by atoms with E-state index in [9.17, 15) is 14.7 Å². The van der Waals surface area contributed by atoms with Crippen LogP contribution in [0.3, 0.4) is 0 Å². The molecular formula is C33H50N6O3. The lowest BCUT2D eigenvalue weighted by atomic mass is 10.0. The Morgan fingerprint density at radius 1 is 0.857 bits per heavy atom. The lowest BCUT2D eigenvalue weighted by Gasteiger charge is -2.35. The van der Waals surface area contributed by atoms with Crippen molar-refractivity contribution < 1.29 is 14.7 Å². The molecule has 4 rings (SSSR count). The normalized spacial score (nSPS) is 17.7. The van der Waals surface area contributed by atoms with Crippen molar-refractivity contribution in [1.82, 2.24) is 19.6 Å². The van der Waals surface area contributed by atoms with E-state index in [0.29, 0.717) is 12.5 Å². The Hall–Kier alpha value is -3.14. The van der Waals surface area contributed by atoms with Crippen molar-refractivity contribution in [2.45, 2.75) is 52.3 Å². The molecule has 9 nitrogen and oxygen atoms in total. The number of likely N-dealkylation sites (tertiary alicyclic amines) is 2. The van der Waals surface area contributed by atoms with Gasteiger partial charge in [0.2, 0.25) is 0 Å². The van der Waals surface area contributed by atoms with Gasteiger partial charge in [0.15, 0.2) is 6.35 Å². The second-order valence-corrected chi connectivity index (χ2v) is 11.6. The predicted molar refractivity (Wildman–Crippen MR) is 170 cm³/mol. The van der Waals surface area contributed by atoms with Gasteiger partial charge in [0.1, 0.15) is 0 Å². The van der Waals surface area contributed by atoms with E-state index < -0.39 is 6.35 Å². The van der Waals surface area contributed by atoms with Gasteiger partial charge in [-0.3, -0.25) is 19.6 Å². The molecule has 2 heterocycles. The van der Waals surface area contributed by atoms with Crippen LogP contribution in [-0.2, 0) is 6.42 Å². The lowest BCUT2D eigenvalue weighted by Crippen LogP contribution is -2.49. The Kier molecular flexibility index (Phi) is 11.6. The fraction of sp³-hybridized carbons (Fsp3) is 0.576. The molecule has 2 aliphatic heterocycles. The highest BCUT2D eigenvalue weighted by atomic mass is 16.3. The first-order valence-corrected chi connectivity index (χ1v) is 15.7. The average Bonchev–Trinajstić information content (AvgIpc) is 3.74. The Morgan fingerprint density at radius 3 is 2.19 bits per heavy atom. The first-order valence-electron chi connectivity index (χ1n) is 15.7. The van der Waals surface area contributed by atoms with E-state index in [1.54, 1.807) is 23.9 Å². The van der Waals surface area contributed by atoms with Crippen molar-refractivity contribution in [3.8, 4) is 0 Å². The van der Waals surface area contributed by atoms with Crippen molar-refractivity contribution in [3.63, 3.8) is 0 Å². The second-order valence-electron chi connectivity index (χ2n) is 11.6. The molecule has 42 heavy (non-hydrogen) atoms. The summed E-state index contributed by atoms with van der Waals surface area (Å²) in [6, 6.07) is 17.8. The molecule has 230 valence electrons. The third kappa shape index (κ3) is 8.02. The standard InChI is InChI=1S/C33H50N6O3/c1-5-36(32(41)37(6-2)23-18-28-19-24-39(26-28)33(42)38-20-10-11-21-38)22-17-27-13-12-16-30(25-27)35(4)31(40)34(3)29-14-8-7-9-15-29/h7-9,12-16,25,28,32,41H,5-6,10-11,17-24,26H2,1-4H3. The molecule has 0 saturated carbocycles. The van der Waals surface area contributed by atoms with Crippen LogP contribution in [0, 0.1) is 5.92 Å². The summed E-state index contributed by atoms with van der Waals surface area (Å²) in [7, 11) is 3.59. The maximum atomic E-state index is 13.1. The molecule has 0 radical (unpaired) electrons. The zero-order valence-corrected chi connectivity index (χ0v) is 26.0. The Balaban J connectivity index is 1.27. The van der Waals surface area contributed by atoms with Crippen molar-refractivity contribution in [2.75, 3.05) is 76.3 Å². The van der Waals surface area contributed by atoms with Crippen LogP contribution >= 0.6 is 0 Å². The van der Waals surface area contributed by atoms with Crippen LogP contribution in [0.1, 0.15) is 45.1 Å². The number of carbonyl (C=O) groups excluding carboxylic acids is 2. The number of benzene rings is 2. The third-order valence-corrected chi connectivity index (χ3v) is 8.93. The van der Waals surface area contributed by atoms with Crippen LogP contribution < -0.4 is 9.80 Å². The van der Waals surface area contributed by atoms with Crippen molar-refractivity contribution in [2.24, 2.45) is 5.92 Å². The molecule has 2 aliphatic rings. The van der Waals surface area contributed by atoms with Gasteiger partial charge >= 0.3 is 12.1 Å². The minimum Gasteiger partial charge on any atom is -0.365 e. The van der Waals surface area contributed by atoms with Crippen LogP contribution in [0.25, 0.3) is 0 Å². The summed E-state index contributed by atoms with van der Waals surface area (Å²) in [6.45, 7) is 10.7. The molecule has 2 fully saturated rings. The highest BCUT2D eigenvalue weighted by molar-refractivity contribution is 6.02. The number of aliphatic hydroxyl groups excluding tert-OH is 1. The van der Waals surface area contributed by atoms with Crippen LogP contribution in [0.15, 0.2) is 54.6 Å². The predicted octanol–water partition coefficient (Wildman–Crippen LogP) is 4.77. The Labute approximate surface area is 252 Å². The number of urea groups is 2. The number of anilines is 2. The molecule has 0 aromatic heterocycles. The smallest absolute Gasteiger partial charge is 0.328 e. The molecule has 2 unspecified atom stereocenters. The molecule has 2 aromatic carbocycles. The molecule has 4 amide bonds. The average molecular weight is 579 g/mol. The maximum absolute atomic E-state index is 13.1. The minimum absolute atomic E-state index is 0.103. The summed E-state index contributed by atoms with van der Waals surface area (Å²) < 4.78 is 0. The molecule has 9 heteroatoms. The topological polar surface area (TPSA) is 73.8 Å². The van der Waals surface area contributed by atoms with Gasteiger partial charge in [0.05, 0.1) is 0 Å². The van der Waals surface area contributed by atoms with E-state index in [2.05, 4.69) is 35.8 Å². The van der Waals surface area contributed by atoms with E-state index in [-0.39, 0.29) is 12.1 Å². The number of nitrogens with zero attached hydrogens (tertiary/aromatic N) is 6. The highest BCUT2D eigenvalue weighted by Crippen LogP contribution is 2.24. The zero-order valence-electron chi connectivity index (χ0n) is 26.0. The van der Waals surface area contributed by atoms with Crippen molar-refractivity contribution in [3.05, 3.63) is 60.2 Å². The number of amides is 4. The maximum Gasteiger partial charge on any atom is 0.328 e. The third-order valence-electron chi connectivity index (χ3n) is 8.93. The Morgan fingerprint density at radius 2 is 1.50 bits per heavy atom. The summed E-state index contributed by atoms with van der Waals surface area (Å²) in [4.78, 5) is 37.5. The SMILES string of the molecule is CCN(CCc1cccc(N(C)C(=O)N(C)c2ccccc2)c1)C(O)N(CC)CCC1CCN(C(=O)N2CCCC2)C1. The molecule has 2 atom stereocenters. The molecular weight excluding hydrogens is 528 g/mol. The largest absolute Gasteiger partial charge is 0.365 e. The van der Waals surface area contributed by atoms with E-state index in [1.165, 1.54) is 0 Å². The number of hydrogen-bond acceptors (Lipinski definition) is 5. The zero-order chi connectivity index (χ0) is 30.1. The second kappa shape index (κ2) is 15.4. The molecule has 0 aliphatic carbocycles. The molecule has 2 aromatic rings. The van der Waals surface area contributed by atoms with Gasteiger partial charge in [-0.2, -0.15) is 0 Å². The number of likely N-dealkylation sites (N-methyl/N-ethyl adjacent to an activating group) is 1. The summed E-state index contributed by atoms with van der Waals surface area (Å²) >= 11 is 0. The highest BCUT2D eigenvalue weighted by Gasteiger charge is 2.31. The monoisotopic (exact) mass is 578 g/mol. The summed E-state index contributed by atoms with van der Waals surface area (Å²) in [6.07, 6.45) is 4.37. The van der Waals surface area contributed by atoms with Crippen molar-refractivity contribution >= 4 is 23.4 Å². The lowest BCUT2D eigenvalue weighted by molar-refractivity contribution is -0.109. The quantitative estimate of drug-likeness (QED) is 0.368. The molecule has 0 bridgehead atoms. The van der Waals surface area contributed by atoms with Gasteiger partial charge in [-0.05, 0) is 80.9 Å². The first kappa shape index (κ1) is 31.8.